The minimum Gasteiger partial charge on any atom is -0.435 e. The van der Waals surface area contributed by atoms with Crippen LogP contribution in [-0.4, -0.2) is 31.3 Å². The average molecular weight is 283 g/mol. The number of halogens is 2. The molecule has 20 heavy (non-hydrogen) atoms. The van der Waals surface area contributed by atoms with Crippen LogP contribution in [0.4, 0.5) is 8.78 Å². The number of alkyl halides is 2. The van der Waals surface area contributed by atoms with Crippen LogP contribution >= 0.6 is 0 Å². The smallest absolute Gasteiger partial charge is 0.387 e. The monoisotopic (exact) mass is 283 g/mol. The summed E-state index contributed by atoms with van der Waals surface area (Å²) >= 11 is 0. The molecule has 4 nitrogen and oxygen atoms in total. The van der Waals surface area contributed by atoms with Gasteiger partial charge in [-0.3, -0.25) is 4.79 Å². The Morgan fingerprint density at radius 1 is 1.35 bits per heavy atom. The number of amides is 1. The van der Waals surface area contributed by atoms with E-state index in [0.29, 0.717) is 17.6 Å². The van der Waals surface area contributed by atoms with Crippen LogP contribution in [0.5, 0.6) is 5.75 Å². The predicted octanol–water partition coefficient (Wildman–Crippen LogP) is 2.20. The van der Waals surface area contributed by atoms with Crippen LogP contribution in [0.1, 0.15) is 23.2 Å². The predicted molar refractivity (Wildman–Crippen MR) is 66.8 cm³/mol. The minimum atomic E-state index is -2.86. The molecule has 3 atom stereocenters. The Balaban J connectivity index is 1.57. The highest BCUT2D eigenvalue weighted by molar-refractivity contribution is 5.94. The van der Waals surface area contributed by atoms with E-state index in [-0.39, 0.29) is 17.7 Å². The van der Waals surface area contributed by atoms with E-state index in [1.807, 2.05) is 0 Å². The van der Waals surface area contributed by atoms with E-state index in [1.54, 1.807) is 0 Å². The van der Waals surface area contributed by atoms with Gasteiger partial charge in [-0.05, 0) is 37.1 Å². The van der Waals surface area contributed by atoms with Gasteiger partial charge >= 0.3 is 6.61 Å². The van der Waals surface area contributed by atoms with Gasteiger partial charge in [0, 0.05) is 24.1 Å². The van der Waals surface area contributed by atoms with Gasteiger partial charge in [-0.1, -0.05) is 0 Å². The molecule has 6 heteroatoms. The van der Waals surface area contributed by atoms with Crippen molar-refractivity contribution in [1.29, 1.82) is 0 Å². The zero-order valence-corrected chi connectivity index (χ0v) is 10.7. The Kier molecular flexibility index (Phi) is 3.56. The lowest BCUT2D eigenvalue weighted by Crippen LogP contribution is -2.53. The number of benzene rings is 1. The molecule has 0 unspecified atom stereocenters. The van der Waals surface area contributed by atoms with Gasteiger partial charge in [0.25, 0.3) is 5.91 Å². The molecule has 0 bridgehead atoms. The van der Waals surface area contributed by atoms with Gasteiger partial charge in [-0.2, -0.15) is 8.78 Å². The fourth-order valence-electron chi connectivity index (χ4n) is 2.80. The van der Waals surface area contributed by atoms with Crippen LogP contribution in [0.25, 0.3) is 0 Å². The quantitative estimate of drug-likeness (QED) is 0.921. The summed E-state index contributed by atoms with van der Waals surface area (Å²) in [6.45, 7) is -2.09. The zero-order valence-electron chi connectivity index (χ0n) is 10.7. The Morgan fingerprint density at radius 3 is 2.75 bits per heavy atom. The molecule has 0 radical (unpaired) electrons. The van der Waals surface area contributed by atoms with Crippen LogP contribution in [0.3, 0.4) is 0 Å². The first-order valence-corrected chi connectivity index (χ1v) is 6.61. The number of carbonyl (C=O) groups excluding carboxylic acids is 1. The van der Waals surface area contributed by atoms with Crippen molar-refractivity contribution >= 4 is 5.91 Å². The van der Waals surface area contributed by atoms with E-state index < -0.39 is 6.61 Å². The Hall–Kier alpha value is -1.69. The molecule has 1 N–H and O–H groups in total. The van der Waals surface area contributed by atoms with E-state index >= 15 is 0 Å². The third kappa shape index (κ3) is 2.60. The molecule has 1 aliphatic carbocycles. The van der Waals surface area contributed by atoms with Crippen molar-refractivity contribution in [2.75, 3.05) is 6.61 Å². The van der Waals surface area contributed by atoms with Crippen molar-refractivity contribution in [3.8, 4) is 5.75 Å². The van der Waals surface area contributed by atoms with Crippen molar-refractivity contribution < 1.29 is 23.0 Å². The fourth-order valence-corrected chi connectivity index (χ4v) is 2.80. The number of hydrogen-bond acceptors (Lipinski definition) is 3. The van der Waals surface area contributed by atoms with Gasteiger partial charge in [0.2, 0.25) is 0 Å². The number of nitrogens with one attached hydrogen (secondary N) is 1. The minimum absolute atomic E-state index is 0.0458. The molecule has 1 saturated carbocycles. The lowest BCUT2D eigenvalue weighted by molar-refractivity contribution is -0.0498. The van der Waals surface area contributed by atoms with Crippen LogP contribution in [-0.2, 0) is 4.74 Å². The molecule has 1 saturated heterocycles. The third-order valence-electron chi connectivity index (χ3n) is 3.92. The van der Waals surface area contributed by atoms with E-state index in [2.05, 4.69) is 10.1 Å². The molecule has 1 aromatic carbocycles. The van der Waals surface area contributed by atoms with Gasteiger partial charge in [-0.15, -0.1) is 0 Å². The summed E-state index contributed by atoms with van der Waals surface area (Å²) < 4.78 is 33.8. The van der Waals surface area contributed by atoms with Gasteiger partial charge < -0.3 is 14.8 Å². The number of carbonyl (C=O) groups is 1. The number of hydrogen-bond donors (Lipinski definition) is 1. The molecule has 108 valence electrons. The number of fused-ring (bicyclic) bond motifs is 1. The van der Waals surface area contributed by atoms with Crippen molar-refractivity contribution in [3.05, 3.63) is 29.8 Å². The normalized spacial score (nSPS) is 27.9. The lowest BCUT2D eigenvalue weighted by atomic mass is 9.76. The molecule has 3 rings (SSSR count). The highest BCUT2D eigenvalue weighted by atomic mass is 19.3. The summed E-state index contributed by atoms with van der Waals surface area (Å²) in [5.74, 6) is 0.272. The second-order valence-electron chi connectivity index (χ2n) is 5.08. The van der Waals surface area contributed by atoms with Gasteiger partial charge in [0.1, 0.15) is 5.75 Å². The molecule has 1 aromatic rings. The van der Waals surface area contributed by atoms with Crippen molar-refractivity contribution in [3.63, 3.8) is 0 Å². The van der Waals surface area contributed by atoms with E-state index in [1.165, 1.54) is 24.3 Å². The maximum Gasteiger partial charge on any atom is 0.387 e. The number of ether oxygens (including phenoxy) is 2. The maximum absolute atomic E-state index is 12.0. The maximum atomic E-state index is 12.0. The van der Waals surface area contributed by atoms with Crippen molar-refractivity contribution in [2.24, 2.45) is 5.92 Å². The van der Waals surface area contributed by atoms with Crippen molar-refractivity contribution in [1.82, 2.24) is 5.32 Å². The Labute approximate surface area is 115 Å². The highest BCUT2D eigenvalue weighted by Gasteiger charge is 2.45. The Bertz CT molecular complexity index is 492. The molecule has 2 fully saturated rings. The van der Waals surface area contributed by atoms with Gasteiger partial charge in [0.15, 0.2) is 0 Å². The molecule has 0 spiro atoms. The van der Waals surface area contributed by atoms with E-state index in [0.717, 1.165) is 19.4 Å². The molecule has 1 amide bonds. The lowest BCUT2D eigenvalue weighted by Gasteiger charge is -2.39. The number of rotatable bonds is 4. The van der Waals surface area contributed by atoms with E-state index in [9.17, 15) is 13.6 Å². The molecular weight excluding hydrogens is 268 g/mol. The second kappa shape index (κ2) is 5.36. The molecule has 1 heterocycles. The first-order valence-electron chi connectivity index (χ1n) is 6.61. The molecule has 2 aliphatic rings. The summed E-state index contributed by atoms with van der Waals surface area (Å²) in [6.07, 6.45) is 2.13. The summed E-state index contributed by atoms with van der Waals surface area (Å²) in [5, 5.41) is 2.96. The van der Waals surface area contributed by atoms with Crippen LogP contribution in [0, 0.1) is 5.92 Å². The molecular formula is C14H15F2NO3. The summed E-state index contributed by atoms with van der Waals surface area (Å²) in [7, 11) is 0. The largest absolute Gasteiger partial charge is 0.435 e. The average Bonchev–Trinajstić information content (AvgIpc) is 2.77. The van der Waals surface area contributed by atoms with E-state index in [4.69, 9.17) is 4.74 Å². The first-order chi connectivity index (χ1) is 9.63. The second-order valence-corrected chi connectivity index (χ2v) is 5.08. The van der Waals surface area contributed by atoms with Crippen LogP contribution < -0.4 is 10.1 Å². The summed E-state index contributed by atoms with van der Waals surface area (Å²) in [5.41, 5.74) is 0.439. The van der Waals surface area contributed by atoms with Crippen LogP contribution in [0.2, 0.25) is 0 Å². The van der Waals surface area contributed by atoms with Crippen molar-refractivity contribution in [2.45, 2.75) is 31.6 Å². The van der Waals surface area contributed by atoms with Gasteiger partial charge in [0.05, 0.1) is 6.10 Å². The SMILES string of the molecule is O=C(N[C@@H]1C[C@H]2OCC[C@@H]12)c1ccc(OC(F)F)cc1. The molecule has 1 aliphatic heterocycles. The highest BCUT2D eigenvalue weighted by Crippen LogP contribution is 2.38. The van der Waals surface area contributed by atoms with Gasteiger partial charge in [-0.25, -0.2) is 0 Å². The topological polar surface area (TPSA) is 47.6 Å². The summed E-state index contributed by atoms with van der Waals surface area (Å²) in [4.78, 5) is 12.0. The first kappa shape index (κ1) is 13.3. The third-order valence-corrected chi connectivity index (χ3v) is 3.92. The fraction of sp³-hybridized carbons (Fsp3) is 0.500. The molecule has 0 aromatic heterocycles. The standard InChI is InChI=1S/C14H15F2NO3/c15-14(16)20-9-3-1-8(2-4-9)13(18)17-11-7-12-10(11)5-6-19-12/h1-4,10-12,14H,5-7H2,(H,17,18)/t10-,11+,12+/m0/s1. The van der Waals surface area contributed by atoms with Crippen LogP contribution in [0.15, 0.2) is 24.3 Å². The zero-order chi connectivity index (χ0) is 14.1. The summed E-state index contributed by atoms with van der Waals surface area (Å²) in [6, 6.07) is 5.85. The Morgan fingerprint density at radius 2 is 2.10 bits per heavy atom.